The van der Waals surface area contributed by atoms with Crippen LogP contribution in [0.1, 0.15) is 52.4 Å². The number of rotatable bonds is 10. The molecule has 0 fully saturated rings. The van der Waals surface area contributed by atoms with Crippen LogP contribution in [0.4, 0.5) is 0 Å². The molecule has 84 valence electrons. The molecule has 0 aromatic rings. The lowest BCUT2D eigenvalue weighted by Crippen LogP contribution is -2.20. The molecule has 0 aliphatic rings. The van der Waals surface area contributed by atoms with Gasteiger partial charge in [-0.2, -0.15) is 0 Å². The summed E-state index contributed by atoms with van der Waals surface area (Å²) < 4.78 is 0. The van der Waals surface area contributed by atoms with Crippen molar-refractivity contribution in [2.24, 2.45) is 5.92 Å². The van der Waals surface area contributed by atoms with E-state index in [0.717, 1.165) is 12.5 Å². The molecular weight excluding hydrogens is 170 g/mol. The van der Waals surface area contributed by atoms with Crippen LogP contribution in [0.3, 0.4) is 0 Å². The molecule has 1 N–H and O–H groups in total. The third-order valence-electron chi connectivity index (χ3n) is 2.31. The highest BCUT2D eigenvalue weighted by Gasteiger charge is 1.93. The van der Waals surface area contributed by atoms with Gasteiger partial charge in [0.25, 0.3) is 0 Å². The van der Waals surface area contributed by atoms with Crippen LogP contribution in [-0.2, 0) is 0 Å². The summed E-state index contributed by atoms with van der Waals surface area (Å²) in [6.07, 6.45) is 10.00. The largest absolute Gasteiger partial charge is 0.316 e. The van der Waals surface area contributed by atoms with Gasteiger partial charge in [0.2, 0.25) is 0 Å². The molecule has 0 aromatic heterocycles. The molecule has 0 amide bonds. The van der Waals surface area contributed by atoms with Gasteiger partial charge in [0.05, 0.1) is 0 Å². The third-order valence-corrected chi connectivity index (χ3v) is 2.31. The number of hydrogen-bond donors (Lipinski definition) is 1. The van der Waals surface area contributed by atoms with Gasteiger partial charge in [-0.05, 0) is 38.3 Å². The Bertz CT molecular complexity index is 118. The van der Waals surface area contributed by atoms with Crippen LogP contribution in [0, 0.1) is 5.92 Å². The number of unbranched alkanes of at least 4 members (excludes halogenated alkanes) is 5. The Balaban J connectivity index is 2.88. The molecule has 1 heteroatoms. The quantitative estimate of drug-likeness (QED) is 0.415. The molecule has 1 nitrogen and oxygen atoms in total. The lowest BCUT2D eigenvalue weighted by Gasteiger charge is -2.06. The summed E-state index contributed by atoms with van der Waals surface area (Å²) in [6.45, 7) is 10.6. The number of hydrogen-bond acceptors (Lipinski definition) is 1. The summed E-state index contributed by atoms with van der Waals surface area (Å²) in [7, 11) is 0. The first-order valence-corrected chi connectivity index (χ1v) is 6.09. The summed E-state index contributed by atoms with van der Waals surface area (Å²) in [6, 6.07) is 0. The van der Waals surface area contributed by atoms with Gasteiger partial charge in [0.1, 0.15) is 0 Å². The van der Waals surface area contributed by atoms with Gasteiger partial charge in [0, 0.05) is 0 Å². The second kappa shape index (κ2) is 10.8. The first kappa shape index (κ1) is 13.7. The molecular formula is C13H27N. The molecule has 0 unspecified atom stereocenters. The zero-order valence-electron chi connectivity index (χ0n) is 10.0. The molecule has 14 heavy (non-hydrogen) atoms. The fraction of sp³-hybridized carbons (Fsp3) is 0.846. The molecule has 0 rings (SSSR count). The maximum atomic E-state index is 3.73. The fourth-order valence-corrected chi connectivity index (χ4v) is 1.46. The van der Waals surface area contributed by atoms with Crippen molar-refractivity contribution >= 4 is 0 Å². The summed E-state index contributed by atoms with van der Waals surface area (Å²) >= 11 is 0. The Morgan fingerprint density at radius 1 is 1.07 bits per heavy atom. The predicted octanol–water partition coefficient (Wildman–Crippen LogP) is 3.76. The van der Waals surface area contributed by atoms with Crippen LogP contribution in [0.5, 0.6) is 0 Å². The van der Waals surface area contributed by atoms with Crippen LogP contribution < -0.4 is 5.32 Å². The monoisotopic (exact) mass is 197 g/mol. The molecule has 0 atom stereocenters. The standard InChI is InChI=1S/C13H27N/c1-4-5-6-7-8-9-10-11-14-12-13(2)3/h4,13-14H,1,5-12H2,2-3H3. The maximum Gasteiger partial charge on any atom is -0.00258 e. The van der Waals surface area contributed by atoms with E-state index in [9.17, 15) is 0 Å². The van der Waals surface area contributed by atoms with Gasteiger partial charge in [-0.15, -0.1) is 6.58 Å². The van der Waals surface area contributed by atoms with Crippen LogP contribution in [0.15, 0.2) is 12.7 Å². The van der Waals surface area contributed by atoms with Gasteiger partial charge in [-0.3, -0.25) is 0 Å². The summed E-state index contributed by atoms with van der Waals surface area (Å²) in [5, 5.41) is 3.47. The molecule has 0 saturated carbocycles. The van der Waals surface area contributed by atoms with Crippen molar-refractivity contribution in [1.82, 2.24) is 5.32 Å². The molecule has 0 saturated heterocycles. The summed E-state index contributed by atoms with van der Waals surface area (Å²) in [5.74, 6) is 0.780. The van der Waals surface area contributed by atoms with E-state index in [2.05, 4.69) is 25.7 Å². The van der Waals surface area contributed by atoms with E-state index >= 15 is 0 Å². The summed E-state index contributed by atoms with van der Waals surface area (Å²) in [5.41, 5.74) is 0. The Morgan fingerprint density at radius 3 is 2.36 bits per heavy atom. The van der Waals surface area contributed by atoms with Gasteiger partial charge in [-0.25, -0.2) is 0 Å². The Hall–Kier alpha value is -0.300. The summed E-state index contributed by atoms with van der Waals surface area (Å²) in [4.78, 5) is 0. The second-order valence-electron chi connectivity index (χ2n) is 4.44. The zero-order chi connectivity index (χ0) is 10.6. The van der Waals surface area contributed by atoms with Crippen molar-refractivity contribution in [1.29, 1.82) is 0 Å². The Kier molecular flexibility index (Phi) is 10.5. The first-order valence-electron chi connectivity index (χ1n) is 6.09. The lowest BCUT2D eigenvalue weighted by molar-refractivity contribution is 0.523. The van der Waals surface area contributed by atoms with Gasteiger partial charge in [-0.1, -0.05) is 39.2 Å². The minimum Gasteiger partial charge on any atom is -0.316 e. The average Bonchev–Trinajstić information content (AvgIpc) is 2.15. The van der Waals surface area contributed by atoms with Crippen LogP contribution in [0.2, 0.25) is 0 Å². The van der Waals surface area contributed by atoms with E-state index in [4.69, 9.17) is 0 Å². The van der Waals surface area contributed by atoms with Crippen LogP contribution >= 0.6 is 0 Å². The highest BCUT2D eigenvalue weighted by atomic mass is 14.8. The van der Waals surface area contributed by atoms with E-state index < -0.39 is 0 Å². The molecule has 0 heterocycles. The van der Waals surface area contributed by atoms with Crippen molar-refractivity contribution < 1.29 is 0 Å². The molecule has 0 aliphatic carbocycles. The topological polar surface area (TPSA) is 12.0 Å². The molecule has 0 bridgehead atoms. The van der Waals surface area contributed by atoms with E-state index in [0.29, 0.717) is 0 Å². The first-order chi connectivity index (χ1) is 6.77. The molecule has 0 aromatic carbocycles. The minimum atomic E-state index is 0.780. The molecule has 0 spiro atoms. The third kappa shape index (κ3) is 11.7. The van der Waals surface area contributed by atoms with Crippen molar-refractivity contribution in [3.8, 4) is 0 Å². The average molecular weight is 197 g/mol. The van der Waals surface area contributed by atoms with Crippen molar-refractivity contribution in [2.45, 2.75) is 52.4 Å². The van der Waals surface area contributed by atoms with Crippen LogP contribution in [-0.4, -0.2) is 13.1 Å². The number of nitrogens with one attached hydrogen (secondary N) is 1. The van der Waals surface area contributed by atoms with E-state index in [1.54, 1.807) is 0 Å². The highest BCUT2D eigenvalue weighted by molar-refractivity contribution is 4.65. The Labute approximate surface area is 90.0 Å². The molecule has 0 radical (unpaired) electrons. The van der Waals surface area contributed by atoms with Crippen molar-refractivity contribution in [2.75, 3.05) is 13.1 Å². The predicted molar refractivity (Wildman–Crippen MR) is 65.6 cm³/mol. The van der Waals surface area contributed by atoms with E-state index in [1.165, 1.54) is 45.1 Å². The second-order valence-corrected chi connectivity index (χ2v) is 4.44. The van der Waals surface area contributed by atoms with Crippen molar-refractivity contribution in [3.05, 3.63) is 12.7 Å². The van der Waals surface area contributed by atoms with Gasteiger partial charge in [0.15, 0.2) is 0 Å². The van der Waals surface area contributed by atoms with E-state index in [1.807, 2.05) is 6.08 Å². The molecule has 0 aliphatic heterocycles. The van der Waals surface area contributed by atoms with E-state index in [-0.39, 0.29) is 0 Å². The lowest BCUT2D eigenvalue weighted by atomic mass is 10.1. The smallest absolute Gasteiger partial charge is 0.00258 e. The van der Waals surface area contributed by atoms with Gasteiger partial charge < -0.3 is 5.32 Å². The highest BCUT2D eigenvalue weighted by Crippen LogP contribution is 2.04. The number of allylic oxidation sites excluding steroid dienone is 1. The Morgan fingerprint density at radius 2 is 1.71 bits per heavy atom. The zero-order valence-corrected chi connectivity index (χ0v) is 10.0. The normalized spacial score (nSPS) is 10.8. The SMILES string of the molecule is C=CCCCCCCCNCC(C)C. The van der Waals surface area contributed by atoms with Crippen molar-refractivity contribution in [3.63, 3.8) is 0 Å². The maximum absolute atomic E-state index is 3.73. The minimum absolute atomic E-state index is 0.780. The van der Waals surface area contributed by atoms with Crippen LogP contribution in [0.25, 0.3) is 0 Å². The van der Waals surface area contributed by atoms with Gasteiger partial charge >= 0.3 is 0 Å². The fourth-order valence-electron chi connectivity index (χ4n) is 1.46.